The van der Waals surface area contributed by atoms with Gasteiger partial charge in [0.2, 0.25) is 5.75 Å². The van der Waals surface area contributed by atoms with Crippen LogP contribution in [0, 0.1) is 0 Å². The lowest BCUT2D eigenvalue weighted by Gasteiger charge is -2.21. The maximum atomic E-state index is 13.8. The molecule has 16 heteroatoms. The standard InChI is InChI=1S/C24H19Cl3F9NO2S/c1-2-14(10-40(39)11-22(28,29)30)37-21(38)15-5-3-12(7-17(15)24(34,35)36)4-6-16(23(31,32)33)13-8-18(25)20(27)19(26)9-13/h3-9,14,16H,2,10-11H2,1H3,(H,37,38)/b6-4+/t14-,16?,40?/m1/s1. The number of rotatable bonds is 9. The van der Waals surface area contributed by atoms with Gasteiger partial charge in [-0.1, -0.05) is 59.9 Å². The monoisotopic (exact) mass is 661 g/mol. The number of hydrogen-bond donors (Lipinski definition) is 1. The first-order chi connectivity index (χ1) is 18.2. The summed E-state index contributed by atoms with van der Waals surface area (Å²) in [5, 5.41) is 1.42. The van der Waals surface area contributed by atoms with Crippen molar-refractivity contribution < 1.29 is 48.9 Å². The van der Waals surface area contributed by atoms with E-state index < -0.39 is 75.8 Å². The summed E-state index contributed by atoms with van der Waals surface area (Å²) < 4.78 is 132. The van der Waals surface area contributed by atoms with Gasteiger partial charge in [-0.15, -0.1) is 0 Å². The Morgan fingerprint density at radius 2 is 1.57 bits per heavy atom. The molecule has 222 valence electrons. The second-order valence-corrected chi connectivity index (χ2v) is 11.1. The van der Waals surface area contributed by atoms with Crippen LogP contribution in [0.15, 0.2) is 36.4 Å². The van der Waals surface area contributed by atoms with Crippen LogP contribution in [0.2, 0.25) is 15.1 Å². The van der Waals surface area contributed by atoms with E-state index in [2.05, 4.69) is 5.32 Å². The zero-order chi connectivity index (χ0) is 30.6. The first-order valence-electron chi connectivity index (χ1n) is 11.1. The third-order valence-electron chi connectivity index (χ3n) is 5.33. The van der Waals surface area contributed by atoms with Crippen LogP contribution in [-0.4, -0.2) is 40.4 Å². The third-order valence-corrected chi connectivity index (χ3v) is 7.95. The molecule has 0 radical (unpaired) electrons. The minimum Gasteiger partial charge on any atom is -0.616 e. The molecule has 2 aromatic rings. The van der Waals surface area contributed by atoms with Gasteiger partial charge in [0, 0.05) is 0 Å². The second kappa shape index (κ2) is 13.5. The Labute approximate surface area is 240 Å². The SMILES string of the molecule is CC[C@H](C[S+]([O-])CC(F)(F)F)NC(=O)c1ccc(/C=C/C(c2cc(Cl)c(Cl)c(Cl)c2)C(F)(F)F)cc1C(F)(F)F. The molecule has 3 nitrogen and oxygen atoms in total. The lowest BCUT2D eigenvalue weighted by Crippen LogP contribution is -2.41. The van der Waals surface area contributed by atoms with Crippen molar-refractivity contribution in [2.24, 2.45) is 0 Å². The third kappa shape index (κ3) is 9.93. The van der Waals surface area contributed by atoms with Gasteiger partial charge >= 0.3 is 18.5 Å². The number of hydrogen-bond acceptors (Lipinski definition) is 2. The largest absolute Gasteiger partial charge is 0.616 e. The minimum absolute atomic E-state index is 0.0327. The summed E-state index contributed by atoms with van der Waals surface area (Å²) in [6.45, 7) is 1.42. The van der Waals surface area contributed by atoms with Gasteiger partial charge in [0.05, 0.1) is 38.2 Å². The average Bonchev–Trinajstić information content (AvgIpc) is 2.79. The summed E-state index contributed by atoms with van der Waals surface area (Å²) in [4.78, 5) is 12.6. The van der Waals surface area contributed by atoms with E-state index in [1.165, 1.54) is 6.92 Å². The van der Waals surface area contributed by atoms with Gasteiger partial charge in [0.1, 0.15) is 5.75 Å². The highest BCUT2D eigenvalue weighted by atomic mass is 35.5. The van der Waals surface area contributed by atoms with E-state index in [-0.39, 0.29) is 27.1 Å². The number of carbonyl (C=O) groups is 1. The van der Waals surface area contributed by atoms with Gasteiger partial charge in [-0.2, -0.15) is 39.5 Å². The van der Waals surface area contributed by atoms with Crippen LogP contribution in [0.1, 0.15) is 46.3 Å². The molecular formula is C24H19Cl3F9NO2S. The molecule has 0 aliphatic heterocycles. The van der Waals surface area contributed by atoms with E-state index in [0.29, 0.717) is 12.1 Å². The number of allylic oxidation sites excluding steroid dienone is 1. The zero-order valence-electron chi connectivity index (χ0n) is 20.1. The molecule has 0 saturated heterocycles. The Bertz CT molecular complexity index is 1210. The van der Waals surface area contributed by atoms with Gasteiger partial charge in [0.25, 0.3) is 5.91 Å². The molecule has 0 aromatic heterocycles. The van der Waals surface area contributed by atoms with Crippen molar-refractivity contribution in [3.8, 4) is 0 Å². The Hall–Kier alpha value is -1.80. The van der Waals surface area contributed by atoms with Crippen molar-refractivity contribution in [2.75, 3.05) is 11.5 Å². The minimum atomic E-state index is -5.13. The number of nitrogens with one attached hydrogen (secondary N) is 1. The van der Waals surface area contributed by atoms with Crippen LogP contribution >= 0.6 is 34.8 Å². The number of amides is 1. The fourth-order valence-corrected chi connectivity index (χ4v) is 5.32. The molecule has 0 bridgehead atoms. The number of carbonyl (C=O) groups excluding carboxylic acids is 1. The van der Waals surface area contributed by atoms with Crippen LogP contribution in [-0.2, 0) is 17.4 Å². The maximum absolute atomic E-state index is 13.8. The summed E-state index contributed by atoms with van der Waals surface area (Å²) >= 11 is 15.0. The maximum Gasteiger partial charge on any atom is 0.433 e. The number of halogens is 12. The molecule has 2 aromatic carbocycles. The van der Waals surface area contributed by atoms with Crippen molar-refractivity contribution in [3.05, 3.63) is 73.7 Å². The molecule has 3 atom stereocenters. The molecule has 0 saturated carbocycles. The summed E-state index contributed by atoms with van der Waals surface area (Å²) in [6, 6.07) is 2.82. The summed E-state index contributed by atoms with van der Waals surface area (Å²) in [5.41, 5.74) is -3.20. The van der Waals surface area contributed by atoms with Gasteiger partial charge in [0.15, 0.2) is 0 Å². The highest BCUT2D eigenvalue weighted by Gasteiger charge is 2.40. The van der Waals surface area contributed by atoms with Crippen LogP contribution in [0.3, 0.4) is 0 Å². The lowest BCUT2D eigenvalue weighted by molar-refractivity contribution is -0.139. The van der Waals surface area contributed by atoms with E-state index in [9.17, 15) is 48.9 Å². The number of alkyl halides is 9. The summed E-state index contributed by atoms with van der Waals surface area (Å²) in [5.74, 6) is -5.94. The molecule has 0 aliphatic rings. The Morgan fingerprint density at radius 3 is 2.05 bits per heavy atom. The van der Waals surface area contributed by atoms with Gasteiger partial charge in [-0.3, -0.25) is 4.79 Å². The molecule has 40 heavy (non-hydrogen) atoms. The van der Waals surface area contributed by atoms with Crippen molar-refractivity contribution >= 4 is 58.0 Å². The quantitative estimate of drug-likeness (QED) is 0.166. The average molecular weight is 663 g/mol. The molecule has 2 rings (SSSR count). The van der Waals surface area contributed by atoms with Crippen LogP contribution in [0.5, 0.6) is 0 Å². The van der Waals surface area contributed by atoms with E-state index in [4.69, 9.17) is 34.8 Å². The lowest BCUT2D eigenvalue weighted by atomic mass is 9.96. The van der Waals surface area contributed by atoms with Crippen LogP contribution < -0.4 is 5.32 Å². The first-order valence-corrected chi connectivity index (χ1v) is 13.7. The van der Waals surface area contributed by atoms with Crippen molar-refractivity contribution in [1.82, 2.24) is 5.32 Å². The molecule has 2 unspecified atom stereocenters. The van der Waals surface area contributed by atoms with E-state index >= 15 is 0 Å². The van der Waals surface area contributed by atoms with Gasteiger partial charge in [-0.25, -0.2) is 0 Å². The Morgan fingerprint density at radius 1 is 1.00 bits per heavy atom. The topological polar surface area (TPSA) is 52.2 Å². The summed E-state index contributed by atoms with van der Waals surface area (Å²) in [6.07, 6.45) is -13.5. The summed E-state index contributed by atoms with van der Waals surface area (Å²) in [7, 11) is 0. The predicted molar refractivity (Wildman–Crippen MR) is 136 cm³/mol. The van der Waals surface area contributed by atoms with Crippen molar-refractivity contribution in [2.45, 2.75) is 43.8 Å². The highest BCUT2D eigenvalue weighted by Crippen LogP contribution is 2.41. The Kier molecular flexibility index (Phi) is 11.6. The molecule has 1 amide bonds. The van der Waals surface area contributed by atoms with Crippen molar-refractivity contribution in [3.63, 3.8) is 0 Å². The first kappa shape index (κ1) is 34.4. The van der Waals surface area contributed by atoms with E-state index in [0.717, 1.165) is 30.3 Å². The van der Waals surface area contributed by atoms with Gasteiger partial charge in [-0.05, 0) is 53.0 Å². The molecule has 0 heterocycles. The van der Waals surface area contributed by atoms with Crippen LogP contribution in [0.4, 0.5) is 39.5 Å². The highest BCUT2D eigenvalue weighted by molar-refractivity contribution is 7.91. The van der Waals surface area contributed by atoms with E-state index in [1.807, 2.05) is 0 Å². The van der Waals surface area contributed by atoms with Crippen LogP contribution in [0.25, 0.3) is 6.08 Å². The predicted octanol–water partition coefficient (Wildman–Crippen LogP) is 8.84. The Balaban J connectivity index is 2.38. The smallest absolute Gasteiger partial charge is 0.433 e. The molecule has 0 fully saturated rings. The molecule has 1 N–H and O–H groups in total. The molecule has 0 aliphatic carbocycles. The van der Waals surface area contributed by atoms with E-state index in [1.54, 1.807) is 0 Å². The molecular weight excluding hydrogens is 644 g/mol. The second-order valence-electron chi connectivity index (χ2n) is 8.42. The fraction of sp³-hybridized carbons (Fsp3) is 0.375. The number of benzene rings is 2. The normalized spacial score (nSPS) is 15.2. The molecule has 0 spiro atoms. The fourth-order valence-electron chi connectivity index (χ4n) is 3.46. The zero-order valence-corrected chi connectivity index (χ0v) is 23.2. The van der Waals surface area contributed by atoms with Gasteiger partial charge < -0.3 is 9.87 Å². The van der Waals surface area contributed by atoms with Crippen molar-refractivity contribution in [1.29, 1.82) is 0 Å².